The van der Waals surface area contributed by atoms with E-state index in [-0.39, 0.29) is 12.5 Å². The van der Waals surface area contributed by atoms with Gasteiger partial charge in [0.1, 0.15) is 5.75 Å². The number of halogens is 3. The standard InChI is InChI=1S/C13H9Br3N2O2S/c14-8-4-10(15)13(11(16)5-8)20-7-12(19)18-17-6-9-2-1-3-21-9/h1-6H,7H2,(H,18,19). The van der Waals surface area contributed by atoms with Gasteiger partial charge in [-0.25, -0.2) is 5.43 Å². The van der Waals surface area contributed by atoms with Crippen molar-refractivity contribution in [3.8, 4) is 5.75 Å². The second-order valence-electron chi connectivity index (χ2n) is 3.80. The van der Waals surface area contributed by atoms with Gasteiger partial charge in [0.05, 0.1) is 15.2 Å². The van der Waals surface area contributed by atoms with Gasteiger partial charge in [-0.2, -0.15) is 5.10 Å². The van der Waals surface area contributed by atoms with Crippen LogP contribution in [0.2, 0.25) is 0 Å². The minimum absolute atomic E-state index is 0.124. The molecule has 0 aliphatic heterocycles. The van der Waals surface area contributed by atoms with Crippen LogP contribution in [0, 0.1) is 0 Å². The molecule has 2 rings (SSSR count). The summed E-state index contributed by atoms with van der Waals surface area (Å²) in [5, 5.41) is 5.80. The third kappa shape index (κ3) is 5.21. The molecular weight excluding hydrogens is 488 g/mol. The van der Waals surface area contributed by atoms with Crippen LogP contribution in [0.3, 0.4) is 0 Å². The van der Waals surface area contributed by atoms with Crippen molar-refractivity contribution in [1.29, 1.82) is 0 Å². The highest BCUT2D eigenvalue weighted by atomic mass is 79.9. The van der Waals surface area contributed by atoms with E-state index in [4.69, 9.17) is 4.74 Å². The number of nitrogens with zero attached hydrogens (tertiary/aromatic N) is 1. The highest BCUT2D eigenvalue weighted by molar-refractivity contribution is 9.11. The summed E-state index contributed by atoms with van der Waals surface area (Å²) in [5.41, 5.74) is 2.41. The van der Waals surface area contributed by atoms with E-state index in [1.165, 1.54) is 0 Å². The summed E-state index contributed by atoms with van der Waals surface area (Å²) in [5.74, 6) is 0.236. The summed E-state index contributed by atoms with van der Waals surface area (Å²) in [7, 11) is 0. The van der Waals surface area contributed by atoms with Crippen molar-refractivity contribution in [2.24, 2.45) is 5.10 Å². The molecule has 0 radical (unpaired) electrons. The predicted octanol–water partition coefficient (Wildman–Crippen LogP) is 4.56. The van der Waals surface area contributed by atoms with Crippen molar-refractivity contribution in [3.63, 3.8) is 0 Å². The van der Waals surface area contributed by atoms with E-state index in [9.17, 15) is 4.79 Å². The maximum Gasteiger partial charge on any atom is 0.277 e. The molecule has 0 saturated carbocycles. The first-order chi connectivity index (χ1) is 10.1. The number of nitrogens with one attached hydrogen (secondary N) is 1. The Balaban J connectivity index is 1.87. The molecule has 1 aromatic carbocycles. The second kappa shape index (κ2) is 8.07. The Morgan fingerprint density at radius 2 is 2.05 bits per heavy atom. The molecule has 1 amide bonds. The lowest BCUT2D eigenvalue weighted by molar-refractivity contribution is -0.123. The van der Waals surface area contributed by atoms with Crippen molar-refractivity contribution in [2.75, 3.05) is 6.61 Å². The molecule has 2 aromatic rings. The SMILES string of the molecule is O=C(COc1c(Br)cc(Br)cc1Br)NN=Cc1cccs1. The molecule has 0 aliphatic rings. The van der Waals surface area contributed by atoms with Gasteiger partial charge in [-0.1, -0.05) is 22.0 Å². The fourth-order valence-corrected chi connectivity index (χ4v) is 4.44. The Bertz CT molecular complexity index is 636. The van der Waals surface area contributed by atoms with Crippen LogP contribution in [0.25, 0.3) is 0 Å². The number of hydrogen-bond acceptors (Lipinski definition) is 4. The van der Waals surface area contributed by atoms with E-state index in [0.29, 0.717) is 5.75 Å². The van der Waals surface area contributed by atoms with E-state index < -0.39 is 0 Å². The van der Waals surface area contributed by atoms with Gasteiger partial charge >= 0.3 is 0 Å². The van der Waals surface area contributed by atoms with Gasteiger partial charge < -0.3 is 4.74 Å². The normalized spacial score (nSPS) is 10.8. The maximum atomic E-state index is 11.6. The molecular formula is C13H9Br3N2O2S. The average molecular weight is 497 g/mol. The topological polar surface area (TPSA) is 50.7 Å². The molecule has 0 unspecified atom stereocenters. The monoisotopic (exact) mass is 494 g/mol. The molecule has 1 aromatic heterocycles. The van der Waals surface area contributed by atoms with Crippen LogP contribution in [0.15, 0.2) is 48.2 Å². The summed E-state index contributed by atoms with van der Waals surface area (Å²) < 4.78 is 7.87. The Hall–Kier alpha value is -0.700. The van der Waals surface area contributed by atoms with Crippen LogP contribution in [0.4, 0.5) is 0 Å². The number of hydrazone groups is 1. The Morgan fingerprint density at radius 3 is 2.67 bits per heavy atom. The average Bonchev–Trinajstić information content (AvgIpc) is 2.90. The highest BCUT2D eigenvalue weighted by Gasteiger charge is 2.10. The molecule has 110 valence electrons. The van der Waals surface area contributed by atoms with Gasteiger partial charge in [0.25, 0.3) is 5.91 Å². The molecule has 4 nitrogen and oxygen atoms in total. The predicted molar refractivity (Wildman–Crippen MR) is 95.1 cm³/mol. The number of hydrogen-bond donors (Lipinski definition) is 1. The van der Waals surface area contributed by atoms with E-state index in [2.05, 4.69) is 58.3 Å². The highest BCUT2D eigenvalue weighted by Crippen LogP contribution is 2.36. The maximum absolute atomic E-state index is 11.6. The van der Waals surface area contributed by atoms with E-state index >= 15 is 0 Å². The number of ether oxygens (including phenoxy) is 1. The summed E-state index contributed by atoms with van der Waals surface area (Å²) in [6.45, 7) is -0.124. The number of carbonyl (C=O) groups excluding carboxylic acids is 1. The summed E-state index contributed by atoms with van der Waals surface area (Å²) in [6, 6.07) is 7.51. The van der Waals surface area contributed by atoms with Crippen LogP contribution >= 0.6 is 59.1 Å². The van der Waals surface area contributed by atoms with Gasteiger partial charge in [-0.15, -0.1) is 11.3 Å². The fraction of sp³-hybridized carbons (Fsp3) is 0.0769. The lowest BCUT2D eigenvalue weighted by Gasteiger charge is -2.09. The van der Waals surface area contributed by atoms with Crippen LogP contribution < -0.4 is 10.2 Å². The summed E-state index contributed by atoms with van der Waals surface area (Å²) >= 11 is 11.7. The quantitative estimate of drug-likeness (QED) is 0.487. The van der Waals surface area contributed by atoms with Gasteiger partial charge in [0.15, 0.2) is 6.61 Å². The molecule has 0 bridgehead atoms. The summed E-state index contributed by atoms with van der Waals surface area (Å²) in [4.78, 5) is 12.6. The van der Waals surface area contributed by atoms with E-state index in [0.717, 1.165) is 18.3 Å². The number of carbonyl (C=O) groups is 1. The van der Waals surface area contributed by atoms with Gasteiger partial charge in [-0.05, 0) is 55.4 Å². The smallest absolute Gasteiger partial charge is 0.277 e. The largest absolute Gasteiger partial charge is 0.481 e. The molecule has 0 atom stereocenters. The molecule has 1 heterocycles. The van der Waals surface area contributed by atoms with Crippen molar-refractivity contribution in [2.45, 2.75) is 0 Å². The molecule has 0 spiro atoms. The zero-order valence-corrected chi connectivity index (χ0v) is 16.1. The van der Waals surface area contributed by atoms with Crippen molar-refractivity contribution < 1.29 is 9.53 Å². The third-order valence-corrected chi connectivity index (χ3v) is 4.68. The van der Waals surface area contributed by atoms with Gasteiger partial charge in [0, 0.05) is 9.35 Å². The van der Waals surface area contributed by atoms with E-state index in [1.54, 1.807) is 17.6 Å². The third-order valence-electron chi connectivity index (χ3n) is 2.23. The molecule has 1 N–H and O–H groups in total. The Labute approximate surface area is 151 Å². The molecule has 0 fully saturated rings. The lowest BCUT2D eigenvalue weighted by atomic mass is 10.3. The minimum Gasteiger partial charge on any atom is -0.481 e. The van der Waals surface area contributed by atoms with E-state index in [1.807, 2.05) is 29.6 Å². The number of thiophene rings is 1. The van der Waals surface area contributed by atoms with Crippen molar-refractivity contribution in [3.05, 3.63) is 47.9 Å². The fourth-order valence-electron chi connectivity index (χ4n) is 1.37. The molecule has 21 heavy (non-hydrogen) atoms. The van der Waals surface area contributed by atoms with Gasteiger partial charge in [-0.3, -0.25) is 4.79 Å². The first kappa shape index (κ1) is 16.7. The van der Waals surface area contributed by atoms with Crippen molar-refractivity contribution >= 4 is 71.2 Å². The molecule has 8 heteroatoms. The summed E-state index contributed by atoms with van der Waals surface area (Å²) in [6.07, 6.45) is 1.59. The van der Waals surface area contributed by atoms with Crippen LogP contribution in [0.5, 0.6) is 5.75 Å². The van der Waals surface area contributed by atoms with Crippen LogP contribution in [-0.2, 0) is 4.79 Å². The van der Waals surface area contributed by atoms with Crippen LogP contribution in [-0.4, -0.2) is 18.7 Å². The number of amides is 1. The van der Waals surface area contributed by atoms with Crippen molar-refractivity contribution in [1.82, 2.24) is 5.43 Å². The Morgan fingerprint density at radius 1 is 1.33 bits per heavy atom. The zero-order chi connectivity index (χ0) is 15.2. The first-order valence-electron chi connectivity index (χ1n) is 5.69. The lowest BCUT2D eigenvalue weighted by Crippen LogP contribution is -2.24. The second-order valence-corrected chi connectivity index (χ2v) is 7.40. The van der Waals surface area contributed by atoms with Crippen LogP contribution in [0.1, 0.15) is 4.88 Å². The Kier molecular flexibility index (Phi) is 6.40. The molecule has 0 saturated heterocycles. The zero-order valence-electron chi connectivity index (χ0n) is 10.5. The minimum atomic E-state index is -0.329. The first-order valence-corrected chi connectivity index (χ1v) is 8.95. The number of benzene rings is 1. The van der Waals surface area contributed by atoms with Gasteiger partial charge in [0.2, 0.25) is 0 Å². The number of rotatable bonds is 5. The molecule has 0 aliphatic carbocycles.